The van der Waals surface area contributed by atoms with Gasteiger partial charge in [0.2, 0.25) is 0 Å². The van der Waals surface area contributed by atoms with E-state index in [1.54, 1.807) is 31.2 Å². The SMILES string of the molecule is Cc1ccc(NS(=O)(=O)c2ccc(CC(C)C)cc2)cc1F. The van der Waals surface area contributed by atoms with Crippen LogP contribution in [0.15, 0.2) is 47.4 Å². The van der Waals surface area contributed by atoms with Crippen LogP contribution in [0.4, 0.5) is 10.1 Å². The van der Waals surface area contributed by atoms with Crippen molar-refractivity contribution in [2.24, 2.45) is 5.92 Å². The van der Waals surface area contributed by atoms with Crippen LogP contribution in [0.25, 0.3) is 0 Å². The first-order valence-electron chi connectivity index (χ1n) is 7.16. The third-order valence-corrected chi connectivity index (χ3v) is 4.70. The van der Waals surface area contributed by atoms with Crippen LogP contribution in [0.3, 0.4) is 0 Å². The molecule has 2 aromatic rings. The molecule has 0 atom stereocenters. The van der Waals surface area contributed by atoms with E-state index in [-0.39, 0.29) is 10.6 Å². The van der Waals surface area contributed by atoms with Crippen molar-refractivity contribution < 1.29 is 12.8 Å². The zero-order chi connectivity index (χ0) is 16.3. The highest BCUT2D eigenvalue weighted by Crippen LogP contribution is 2.19. The van der Waals surface area contributed by atoms with Gasteiger partial charge in [0.25, 0.3) is 10.0 Å². The second-order valence-corrected chi connectivity index (χ2v) is 7.49. The predicted octanol–water partition coefficient (Wildman–Crippen LogP) is 4.13. The molecule has 0 aromatic heterocycles. The van der Waals surface area contributed by atoms with Crippen LogP contribution in [0.2, 0.25) is 0 Å². The summed E-state index contributed by atoms with van der Waals surface area (Å²) in [5.41, 5.74) is 1.78. The molecule has 0 amide bonds. The van der Waals surface area contributed by atoms with Gasteiger partial charge in [-0.3, -0.25) is 4.72 Å². The van der Waals surface area contributed by atoms with E-state index in [9.17, 15) is 12.8 Å². The minimum absolute atomic E-state index is 0.168. The predicted molar refractivity (Wildman–Crippen MR) is 86.9 cm³/mol. The summed E-state index contributed by atoms with van der Waals surface area (Å²) in [7, 11) is -3.70. The lowest BCUT2D eigenvalue weighted by Crippen LogP contribution is -2.13. The van der Waals surface area contributed by atoms with Gasteiger partial charge in [0.15, 0.2) is 0 Å². The second kappa shape index (κ2) is 6.48. The first-order chi connectivity index (χ1) is 10.3. The van der Waals surface area contributed by atoms with Crippen molar-refractivity contribution in [3.05, 3.63) is 59.4 Å². The molecule has 3 nitrogen and oxygen atoms in total. The van der Waals surface area contributed by atoms with Gasteiger partial charge in [-0.25, -0.2) is 12.8 Å². The maximum atomic E-state index is 13.5. The summed E-state index contributed by atoms with van der Waals surface area (Å²) in [5.74, 6) is 0.0728. The van der Waals surface area contributed by atoms with Crippen molar-refractivity contribution in [1.82, 2.24) is 0 Å². The standard InChI is InChI=1S/C17H20FNO2S/c1-12(2)10-14-5-8-16(9-6-14)22(20,21)19-15-7-4-13(3)17(18)11-15/h4-9,11-12,19H,10H2,1-3H3. The summed E-state index contributed by atoms with van der Waals surface area (Å²) in [5, 5.41) is 0. The Balaban J connectivity index is 2.20. The Bertz CT molecular complexity index is 753. The molecule has 0 aliphatic carbocycles. The van der Waals surface area contributed by atoms with Gasteiger partial charge >= 0.3 is 0 Å². The van der Waals surface area contributed by atoms with Crippen LogP contribution in [0.1, 0.15) is 25.0 Å². The number of hydrogen-bond acceptors (Lipinski definition) is 2. The topological polar surface area (TPSA) is 46.2 Å². The van der Waals surface area contributed by atoms with Crippen LogP contribution in [0, 0.1) is 18.7 Å². The highest BCUT2D eigenvalue weighted by molar-refractivity contribution is 7.92. The molecule has 0 aliphatic heterocycles. The minimum atomic E-state index is -3.70. The summed E-state index contributed by atoms with van der Waals surface area (Å²) in [6.07, 6.45) is 0.900. The third-order valence-electron chi connectivity index (χ3n) is 3.30. The first-order valence-corrected chi connectivity index (χ1v) is 8.64. The number of sulfonamides is 1. The summed E-state index contributed by atoms with van der Waals surface area (Å²) >= 11 is 0. The Kier molecular flexibility index (Phi) is 4.86. The molecule has 22 heavy (non-hydrogen) atoms. The number of rotatable bonds is 5. The van der Waals surface area contributed by atoms with Gasteiger partial charge in [0, 0.05) is 0 Å². The first kappa shape index (κ1) is 16.5. The lowest BCUT2D eigenvalue weighted by atomic mass is 10.0. The second-order valence-electron chi connectivity index (χ2n) is 5.81. The van der Waals surface area contributed by atoms with E-state index >= 15 is 0 Å². The van der Waals surface area contributed by atoms with Crippen LogP contribution < -0.4 is 4.72 Å². The number of hydrogen-bond donors (Lipinski definition) is 1. The molecular weight excluding hydrogens is 301 g/mol. The molecule has 0 heterocycles. The van der Waals surface area contributed by atoms with Gasteiger partial charge in [0.1, 0.15) is 5.82 Å². The average Bonchev–Trinajstić information content (AvgIpc) is 2.42. The number of nitrogens with one attached hydrogen (secondary N) is 1. The monoisotopic (exact) mass is 321 g/mol. The van der Waals surface area contributed by atoms with Gasteiger partial charge in [0.05, 0.1) is 10.6 Å². The Morgan fingerprint density at radius 1 is 1.09 bits per heavy atom. The molecule has 2 aromatic carbocycles. The van der Waals surface area contributed by atoms with Gasteiger partial charge < -0.3 is 0 Å². The normalized spacial score (nSPS) is 11.7. The van der Waals surface area contributed by atoms with Gasteiger partial charge in [-0.1, -0.05) is 32.0 Å². The molecule has 0 unspecified atom stereocenters. The molecular formula is C17H20FNO2S. The lowest BCUT2D eigenvalue weighted by molar-refractivity contribution is 0.600. The van der Waals surface area contributed by atoms with Crippen molar-refractivity contribution in [2.75, 3.05) is 4.72 Å². The Labute approximate surface area is 131 Å². The summed E-state index contributed by atoms with van der Waals surface area (Å²) in [6.45, 7) is 5.84. The zero-order valence-corrected chi connectivity index (χ0v) is 13.7. The molecule has 0 bridgehead atoms. The molecule has 0 aliphatic rings. The zero-order valence-electron chi connectivity index (χ0n) is 12.9. The Hall–Kier alpha value is -1.88. The minimum Gasteiger partial charge on any atom is -0.280 e. The van der Waals surface area contributed by atoms with Crippen molar-refractivity contribution in [3.63, 3.8) is 0 Å². The lowest BCUT2D eigenvalue weighted by Gasteiger charge is -2.10. The Morgan fingerprint density at radius 2 is 1.73 bits per heavy atom. The van der Waals surface area contributed by atoms with E-state index in [0.29, 0.717) is 11.5 Å². The number of aryl methyl sites for hydroxylation is 1. The molecule has 5 heteroatoms. The maximum Gasteiger partial charge on any atom is 0.261 e. The molecule has 118 valence electrons. The molecule has 0 saturated carbocycles. The summed E-state index contributed by atoms with van der Waals surface area (Å²) in [6, 6.07) is 11.0. The third kappa shape index (κ3) is 4.07. The van der Waals surface area contributed by atoms with Crippen LogP contribution >= 0.6 is 0 Å². The number of anilines is 1. The van der Waals surface area contributed by atoms with E-state index in [4.69, 9.17) is 0 Å². The van der Waals surface area contributed by atoms with Crippen molar-refractivity contribution >= 4 is 15.7 Å². The smallest absolute Gasteiger partial charge is 0.261 e. The summed E-state index contributed by atoms with van der Waals surface area (Å²) in [4.78, 5) is 0.168. The fourth-order valence-electron chi connectivity index (χ4n) is 2.15. The molecule has 0 spiro atoms. The maximum absolute atomic E-state index is 13.5. The number of benzene rings is 2. The molecule has 0 saturated heterocycles. The average molecular weight is 321 g/mol. The van der Waals surface area contributed by atoms with E-state index < -0.39 is 15.8 Å². The highest BCUT2D eigenvalue weighted by atomic mass is 32.2. The largest absolute Gasteiger partial charge is 0.280 e. The van der Waals surface area contributed by atoms with Crippen LogP contribution in [-0.4, -0.2) is 8.42 Å². The fourth-order valence-corrected chi connectivity index (χ4v) is 3.20. The van der Waals surface area contributed by atoms with E-state index in [1.165, 1.54) is 6.07 Å². The summed E-state index contributed by atoms with van der Waals surface area (Å²) < 4.78 is 40.5. The Morgan fingerprint density at radius 3 is 2.27 bits per heavy atom. The molecule has 0 fully saturated rings. The molecule has 1 N–H and O–H groups in total. The van der Waals surface area contributed by atoms with Crippen molar-refractivity contribution in [2.45, 2.75) is 32.1 Å². The van der Waals surface area contributed by atoms with Crippen molar-refractivity contribution in [1.29, 1.82) is 0 Å². The van der Waals surface area contributed by atoms with E-state index in [0.717, 1.165) is 12.0 Å². The van der Waals surface area contributed by atoms with Gasteiger partial charge in [-0.2, -0.15) is 0 Å². The van der Waals surface area contributed by atoms with E-state index in [2.05, 4.69) is 18.6 Å². The van der Waals surface area contributed by atoms with E-state index in [1.807, 2.05) is 12.1 Å². The van der Waals surface area contributed by atoms with Crippen molar-refractivity contribution in [3.8, 4) is 0 Å². The number of halogens is 1. The van der Waals surface area contributed by atoms with Crippen LogP contribution in [-0.2, 0) is 16.4 Å². The fraction of sp³-hybridized carbons (Fsp3) is 0.294. The molecule has 0 radical (unpaired) electrons. The van der Waals surface area contributed by atoms with Gasteiger partial charge in [-0.05, 0) is 54.7 Å². The highest BCUT2D eigenvalue weighted by Gasteiger charge is 2.14. The molecule has 2 rings (SSSR count). The quantitative estimate of drug-likeness (QED) is 0.900. The van der Waals surface area contributed by atoms with Gasteiger partial charge in [-0.15, -0.1) is 0 Å². The van der Waals surface area contributed by atoms with Crippen LogP contribution in [0.5, 0.6) is 0 Å².